The summed E-state index contributed by atoms with van der Waals surface area (Å²) in [6.45, 7) is 22.5. The van der Waals surface area contributed by atoms with Gasteiger partial charge in [0.15, 0.2) is 0 Å². The normalized spacial score (nSPS) is 0.909. The van der Waals surface area contributed by atoms with Crippen LogP contribution in [-0.4, -0.2) is 0 Å². The average molecular weight is 196 g/mol. The van der Waals surface area contributed by atoms with E-state index in [0.717, 1.165) is 0 Å². The van der Waals surface area contributed by atoms with Gasteiger partial charge in [0.25, 0.3) is 0 Å². The molecule has 0 aromatic rings. The van der Waals surface area contributed by atoms with Crippen molar-refractivity contribution < 1.29 is 40.3 Å². The van der Waals surface area contributed by atoms with Gasteiger partial charge in [-0.1, -0.05) is 0 Å². The van der Waals surface area contributed by atoms with Crippen molar-refractivity contribution in [2.75, 3.05) is 0 Å². The maximum atomic E-state index is 7.50. The fourth-order valence-electron chi connectivity index (χ4n) is 0. The molecule has 0 unspecified atom stereocenters. The van der Waals surface area contributed by atoms with Crippen LogP contribution in [-0.2, 0) is 40.3 Å². The minimum atomic E-state index is 0. The van der Waals surface area contributed by atoms with Gasteiger partial charge in [-0.25, -0.2) is 0 Å². The second-order valence-electron chi connectivity index (χ2n) is 0. The summed E-state index contributed by atoms with van der Waals surface area (Å²) in [5.74, 6) is 0. The SMILES string of the molecule is [C-]#[O+].[C-]#[O+].[C-]#[O+].[C-]#[O+].[C-]#[O+].[Fe+2]. The molecule has 0 heterocycles. The molecule has 0 radical (unpaired) electrons. The van der Waals surface area contributed by atoms with E-state index in [1.165, 1.54) is 0 Å². The summed E-state index contributed by atoms with van der Waals surface area (Å²) in [5.41, 5.74) is 0. The first-order chi connectivity index (χ1) is 5.00. The van der Waals surface area contributed by atoms with E-state index >= 15 is 0 Å². The van der Waals surface area contributed by atoms with Gasteiger partial charge in [0.2, 0.25) is 0 Å². The fraction of sp³-hybridized carbons (Fsp3) is 0. The Bertz CT molecular complexity index is 73.4. The quantitative estimate of drug-likeness (QED) is 0.291. The van der Waals surface area contributed by atoms with Crippen LogP contribution in [0.25, 0.3) is 0 Å². The maximum Gasteiger partial charge on any atom is 2.00 e. The van der Waals surface area contributed by atoms with Crippen LogP contribution in [0.15, 0.2) is 0 Å². The maximum absolute atomic E-state index is 7.50. The molecule has 5 nitrogen and oxygen atoms in total. The van der Waals surface area contributed by atoms with Crippen molar-refractivity contribution in [2.24, 2.45) is 0 Å². The molecule has 0 atom stereocenters. The van der Waals surface area contributed by atoms with Crippen LogP contribution in [0.1, 0.15) is 0 Å². The van der Waals surface area contributed by atoms with Gasteiger partial charge >= 0.3 is 73.6 Å². The average Bonchev–Trinajstić information content (AvgIpc) is 2.20. The molecule has 11 heavy (non-hydrogen) atoms. The largest absolute Gasteiger partial charge is 2.00 e. The third-order valence-electron chi connectivity index (χ3n) is 0. The first-order valence-electron chi connectivity index (χ1n) is 1.02. The molecule has 0 spiro atoms. The molecule has 0 N–H and O–H groups in total. The van der Waals surface area contributed by atoms with Crippen molar-refractivity contribution in [1.29, 1.82) is 0 Å². The minimum absolute atomic E-state index is 0. The standard InChI is InChI=1S/5CO.Fe/c5*1-2;/q;;;;;+2. The Morgan fingerprint density at radius 1 is 0.364 bits per heavy atom. The van der Waals surface area contributed by atoms with Crippen molar-refractivity contribution in [3.63, 3.8) is 0 Å². The summed E-state index contributed by atoms with van der Waals surface area (Å²) < 4.78 is 37.5. The van der Waals surface area contributed by atoms with E-state index in [-0.39, 0.29) is 17.1 Å². The predicted octanol–water partition coefficient (Wildman–Crippen LogP) is -0.190. The van der Waals surface area contributed by atoms with Crippen molar-refractivity contribution in [3.05, 3.63) is 33.3 Å². The second-order valence-corrected chi connectivity index (χ2v) is 0. The predicted molar refractivity (Wildman–Crippen MR) is 19.6 cm³/mol. The van der Waals surface area contributed by atoms with Gasteiger partial charge < -0.3 is 0 Å². The molecule has 0 bridgehead atoms. The zero-order chi connectivity index (χ0) is 10.0. The number of hydrogen-bond donors (Lipinski definition) is 0. The molecular formula is C5FeO5+2. The van der Waals surface area contributed by atoms with Crippen LogP contribution in [0, 0.1) is 33.3 Å². The Hall–Kier alpha value is -0.781. The van der Waals surface area contributed by atoms with E-state index in [0.29, 0.717) is 0 Å². The number of hydrogen-bond acceptors (Lipinski definition) is 0. The summed E-state index contributed by atoms with van der Waals surface area (Å²) in [4.78, 5) is 0. The summed E-state index contributed by atoms with van der Waals surface area (Å²) in [6.07, 6.45) is 0. The van der Waals surface area contributed by atoms with Gasteiger partial charge in [0, 0.05) is 0 Å². The van der Waals surface area contributed by atoms with Gasteiger partial charge in [-0.2, -0.15) is 0 Å². The molecular weight excluding hydrogens is 196 g/mol. The Morgan fingerprint density at radius 3 is 0.364 bits per heavy atom. The molecule has 0 fully saturated rings. The van der Waals surface area contributed by atoms with Crippen molar-refractivity contribution in [2.45, 2.75) is 0 Å². The molecule has 0 saturated heterocycles. The zero-order valence-electron chi connectivity index (χ0n) is 4.89. The molecule has 0 rings (SSSR count). The van der Waals surface area contributed by atoms with Gasteiger partial charge in [0.1, 0.15) is 0 Å². The Balaban J connectivity index is -0.00000000694. The fourth-order valence-corrected chi connectivity index (χ4v) is 0. The van der Waals surface area contributed by atoms with Crippen LogP contribution < -0.4 is 0 Å². The van der Waals surface area contributed by atoms with E-state index < -0.39 is 0 Å². The number of rotatable bonds is 0. The Kier molecular flexibility index (Phi) is 4530. The van der Waals surface area contributed by atoms with Crippen LogP contribution in [0.5, 0.6) is 0 Å². The van der Waals surface area contributed by atoms with E-state index in [2.05, 4.69) is 33.3 Å². The summed E-state index contributed by atoms with van der Waals surface area (Å²) in [6, 6.07) is 0. The van der Waals surface area contributed by atoms with Crippen molar-refractivity contribution in [1.82, 2.24) is 0 Å². The van der Waals surface area contributed by atoms with Gasteiger partial charge in [0.05, 0.1) is 0 Å². The van der Waals surface area contributed by atoms with Crippen molar-refractivity contribution in [3.8, 4) is 0 Å². The molecule has 0 saturated carbocycles. The Morgan fingerprint density at radius 2 is 0.364 bits per heavy atom. The Labute approximate surface area is 74.2 Å². The van der Waals surface area contributed by atoms with Gasteiger partial charge in [-0.05, 0) is 0 Å². The third-order valence-corrected chi connectivity index (χ3v) is 0. The molecule has 0 aliphatic heterocycles. The van der Waals surface area contributed by atoms with Crippen LogP contribution in [0.4, 0.5) is 0 Å². The van der Waals surface area contributed by atoms with Crippen LogP contribution in [0.2, 0.25) is 0 Å². The van der Waals surface area contributed by atoms with Crippen molar-refractivity contribution >= 4 is 0 Å². The van der Waals surface area contributed by atoms with E-state index in [1.54, 1.807) is 0 Å². The monoisotopic (exact) mass is 196 g/mol. The van der Waals surface area contributed by atoms with E-state index in [9.17, 15) is 0 Å². The van der Waals surface area contributed by atoms with E-state index in [1.807, 2.05) is 0 Å². The second kappa shape index (κ2) is 1020. The molecule has 6 heteroatoms. The molecule has 0 aliphatic rings. The molecule has 0 aromatic heterocycles. The summed E-state index contributed by atoms with van der Waals surface area (Å²) in [7, 11) is 0. The van der Waals surface area contributed by atoms with Gasteiger partial charge in [-0.15, -0.1) is 0 Å². The topological polar surface area (TPSA) is 99.5 Å². The summed E-state index contributed by atoms with van der Waals surface area (Å²) in [5, 5.41) is 0. The minimum Gasteiger partial charge on any atom is 2.00 e. The summed E-state index contributed by atoms with van der Waals surface area (Å²) >= 11 is 0. The first kappa shape index (κ1) is 48.8. The molecule has 0 aliphatic carbocycles. The van der Waals surface area contributed by atoms with Crippen LogP contribution in [0.3, 0.4) is 0 Å². The third kappa shape index (κ3) is 789. The van der Waals surface area contributed by atoms with Gasteiger partial charge in [-0.3, -0.25) is 0 Å². The van der Waals surface area contributed by atoms with E-state index in [4.69, 9.17) is 23.3 Å². The molecule has 0 amide bonds. The van der Waals surface area contributed by atoms with Crippen LogP contribution >= 0.6 is 0 Å². The zero-order valence-corrected chi connectivity index (χ0v) is 6.00. The smallest absolute Gasteiger partial charge is 2.00 e. The molecule has 56 valence electrons. The first-order valence-corrected chi connectivity index (χ1v) is 1.02. The molecule has 0 aromatic carbocycles.